The Labute approximate surface area is 179 Å². The number of amides is 2. The fourth-order valence-corrected chi connectivity index (χ4v) is 4.56. The maximum absolute atomic E-state index is 13.9. The molecule has 0 bridgehead atoms. The van der Waals surface area contributed by atoms with Gasteiger partial charge in [-0.3, -0.25) is 0 Å². The number of halogens is 1. The summed E-state index contributed by atoms with van der Waals surface area (Å²) in [5.41, 5.74) is 3.11. The zero-order chi connectivity index (χ0) is 21.5. The molecule has 2 aliphatic heterocycles. The highest BCUT2D eigenvalue weighted by molar-refractivity contribution is 5.93. The van der Waals surface area contributed by atoms with E-state index in [1.807, 2.05) is 25.3 Å². The molecule has 2 aliphatic rings. The first kappa shape index (κ1) is 19.7. The molecule has 0 unspecified atom stereocenters. The van der Waals surface area contributed by atoms with Gasteiger partial charge in [-0.2, -0.15) is 5.10 Å². The fraction of sp³-hybridized carbons (Fsp3) is 0.409. The Morgan fingerprint density at radius 2 is 2.13 bits per heavy atom. The van der Waals surface area contributed by atoms with E-state index in [9.17, 15) is 14.3 Å². The lowest BCUT2D eigenvalue weighted by Gasteiger charge is -2.27. The molecular formula is C22H25FN6O2. The van der Waals surface area contributed by atoms with Crippen molar-refractivity contribution in [2.45, 2.75) is 38.3 Å². The Hall–Kier alpha value is -3.20. The zero-order valence-electron chi connectivity index (χ0n) is 17.3. The second-order valence-corrected chi connectivity index (χ2v) is 8.28. The molecular weight excluding hydrogens is 399 g/mol. The van der Waals surface area contributed by atoms with Crippen LogP contribution in [-0.2, 0) is 0 Å². The van der Waals surface area contributed by atoms with Gasteiger partial charge in [0.25, 0.3) is 0 Å². The summed E-state index contributed by atoms with van der Waals surface area (Å²) in [6.45, 7) is 3.67. The molecule has 2 amide bonds. The van der Waals surface area contributed by atoms with Gasteiger partial charge in [-0.25, -0.2) is 18.7 Å². The smallest absolute Gasteiger partial charge is 0.322 e. The van der Waals surface area contributed by atoms with Crippen molar-refractivity contribution >= 4 is 23.2 Å². The third-order valence-corrected chi connectivity index (χ3v) is 6.19. The summed E-state index contributed by atoms with van der Waals surface area (Å²) < 4.78 is 15.5. The van der Waals surface area contributed by atoms with Gasteiger partial charge in [-0.05, 0) is 55.5 Å². The average molecular weight is 424 g/mol. The maximum Gasteiger partial charge on any atom is 0.322 e. The number of β-amino-alcohol motifs (C(OH)–C–C–N with tert-alkyl or cyclic N) is 1. The summed E-state index contributed by atoms with van der Waals surface area (Å²) in [4.78, 5) is 21.1. The molecule has 162 valence electrons. The first-order valence-corrected chi connectivity index (χ1v) is 10.6. The number of carbonyl (C=O) groups excluding carboxylic acids is 1. The minimum atomic E-state index is -0.474. The third kappa shape index (κ3) is 3.69. The number of benzene rings is 1. The number of aliphatic hydroxyl groups is 1. The van der Waals surface area contributed by atoms with E-state index in [0.717, 1.165) is 36.3 Å². The van der Waals surface area contributed by atoms with Crippen molar-refractivity contribution in [2.24, 2.45) is 0 Å². The number of aliphatic hydroxyl groups excluding tert-OH is 1. The monoisotopic (exact) mass is 424 g/mol. The van der Waals surface area contributed by atoms with Crippen molar-refractivity contribution in [3.63, 3.8) is 0 Å². The average Bonchev–Trinajstić information content (AvgIpc) is 3.49. The van der Waals surface area contributed by atoms with Gasteiger partial charge in [-0.15, -0.1) is 0 Å². The van der Waals surface area contributed by atoms with Gasteiger partial charge < -0.3 is 20.2 Å². The van der Waals surface area contributed by atoms with Crippen molar-refractivity contribution in [3.8, 4) is 0 Å². The molecule has 5 rings (SSSR count). The van der Waals surface area contributed by atoms with E-state index < -0.39 is 6.10 Å². The molecule has 2 saturated heterocycles. The Kier molecular flexibility index (Phi) is 4.97. The number of hydrogen-bond donors (Lipinski definition) is 2. The summed E-state index contributed by atoms with van der Waals surface area (Å²) in [5, 5.41) is 16.8. The lowest BCUT2D eigenvalue weighted by molar-refractivity contribution is 0.176. The number of likely N-dealkylation sites (tertiary alicyclic amines) is 1. The lowest BCUT2D eigenvalue weighted by atomic mass is 9.99. The topological polar surface area (TPSA) is 86.0 Å². The number of rotatable bonds is 3. The van der Waals surface area contributed by atoms with E-state index in [0.29, 0.717) is 30.8 Å². The number of anilines is 2. The molecule has 2 aromatic heterocycles. The van der Waals surface area contributed by atoms with Crippen molar-refractivity contribution in [2.75, 3.05) is 29.9 Å². The Balaban J connectivity index is 1.43. The van der Waals surface area contributed by atoms with E-state index in [4.69, 9.17) is 4.98 Å². The minimum absolute atomic E-state index is 0.0534. The van der Waals surface area contributed by atoms with Crippen LogP contribution >= 0.6 is 0 Å². The Bertz CT molecular complexity index is 1130. The van der Waals surface area contributed by atoms with Crippen LogP contribution in [0.4, 0.5) is 20.7 Å². The number of carbonyl (C=O) groups is 1. The van der Waals surface area contributed by atoms with Gasteiger partial charge in [0, 0.05) is 25.8 Å². The lowest BCUT2D eigenvalue weighted by Crippen LogP contribution is -2.33. The highest BCUT2D eigenvalue weighted by Gasteiger charge is 2.29. The molecule has 0 radical (unpaired) electrons. The van der Waals surface area contributed by atoms with Crippen molar-refractivity contribution in [1.29, 1.82) is 0 Å². The van der Waals surface area contributed by atoms with Crippen LogP contribution in [0.1, 0.15) is 36.4 Å². The molecule has 31 heavy (non-hydrogen) atoms. The quantitative estimate of drug-likeness (QED) is 0.675. The molecule has 4 heterocycles. The highest BCUT2D eigenvalue weighted by atomic mass is 19.1. The van der Waals surface area contributed by atoms with Crippen LogP contribution in [0.5, 0.6) is 0 Å². The number of nitrogens with zero attached hydrogens (tertiary/aromatic N) is 5. The van der Waals surface area contributed by atoms with E-state index in [-0.39, 0.29) is 17.9 Å². The van der Waals surface area contributed by atoms with Crippen LogP contribution in [0.25, 0.3) is 5.65 Å². The molecule has 1 aromatic carbocycles. The zero-order valence-corrected chi connectivity index (χ0v) is 17.3. The standard InChI is InChI=1S/C22H25FN6O2/c1-14-4-5-15(23)11-17(14)19-3-2-8-28(19)20-7-10-29-21(26-20)18(12-24-29)25-22(31)27-9-6-16(30)13-27/h4-5,7,10-12,16,19,30H,2-3,6,8-9,13H2,1H3,(H,25,31)/t16-,19+/m0/s1. The minimum Gasteiger partial charge on any atom is -0.391 e. The van der Waals surface area contributed by atoms with Gasteiger partial charge in [0.1, 0.15) is 17.3 Å². The predicted molar refractivity (Wildman–Crippen MR) is 115 cm³/mol. The second kappa shape index (κ2) is 7.81. The van der Waals surface area contributed by atoms with Crippen LogP contribution in [0.15, 0.2) is 36.7 Å². The molecule has 3 aromatic rings. The number of urea groups is 1. The van der Waals surface area contributed by atoms with Crippen molar-refractivity contribution in [3.05, 3.63) is 53.6 Å². The first-order chi connectivity index (χ1) is 15.0. The molecule has 8 nitrogen and oxygen atoms in total. The number of nitrogens with one attached hydrogen (secondary N) is 1. The van der Waals surface area contributed by atoms with E-state index >= 15 is 0 Å². The number of aryl methyl sites for hydroxylation is 1. The van der Waals surface area contributed by atoms with Gasteiger partial charge in [0.05, 0.1) is 18.3 Å². The molecule has 0 spiro atoms. The predicted octanol–water partition coefficient (Wildman–Crippen LogP) is 3.12. The first-order valence-electron chi connectivity index (χ1n) is 10.6. The van der Waals surface area contributed by atoms with E-state index in [1.165, 1.54) is 6.07 Å². The van der Waals surface area contributed by atoms with Crippen molar-refractivity contribution < 1.29 is 14.3 Å². The summed E-state index contributed by atoms with van der Waals surface area (Å²) in [5.74, 6) is 0.537. The van der Waals surface area contributed by atoms with Crippen LogP contribution < -0.4 is 10.2 Å². The Morgan fingerprint density at radius 3 is 2.94 bits per heavy atom. The summed E-state index contributed by atoms with van der Waals surface area (Å²) in [6.07, 6.45) is 5.43. The molecule has 0 aliphatic carbocycles. The van der Waals surface area contributed by atoms with Gasteiger partial charge in [0.2, 0.25) is 0 Å². The molecule has 2 N–H and O–H groups in total. The summed E-state index contributed by atoms with van der Waals surface area (Å²) in [7, 11) is 0. The van der Waals surface area contributed by atoms with Gasteiger partial charge in [-0.1, -0.05) is 6.07 Å². The summed E-state index contributed by atoms with van der Waals surface area (Å²) >= 11 is 0. The largest absolute Gasteiger partial charge is 0.391 e. The molecule has 9 heteroatoms. The molecule has 2 atom stereocenters. The van der Waals surface area contributed by atoms with Crippen molar-refractivity contribution in [1.82, 2.24) is 19.5 Å². The second-order valence-electron chi connectivity index (χ2n) is 8.28. The van der Waals surface area contributed by atoms with Gasteiger partial charge in [0.15, 0.2) is 5.65 Å². The van der Waals surface area contributed by atoms with Gasteiger partial charge >= 0.3 is 6.03 Å². The van der Waals surface area contributed by atoms with E-state index in [1.54, 1.807) is 21.7 Å². The normalized spacial score (nSPS) is 21.3. The molecule has 0 saturated carbocycles. The highest BCUT2D eigenvalue weighted by Crippen LogP contribution is 2.37. The van der Waals surface area contributed by atoms with Crippen LogP contribution in [0, 0.1) is 12.7 Å². The number of aromatic nitrogens is 3. The maximum atomic E-state index is 13.9. The number of fused-ring (bicyclic) bond motifs is 1. The SMILES string of the molecule is Cc1ccc(F)cc1[C@H]1CCCN1c1ccn2ncc(NC(=O)N3CC[C@H](O)C3)c2n1. The molecule has 2 fully saturated rings. The number of hydrogen-bond acceptors (Lipinski definition) is 5. The third-order valence-electron chi connectivity index (χ3n) is 6.19. The van der Waals surface area contributed by atoms with E-state index in [2.05, 4.69) is 15.3 Å². The summed E-state index contributed by atoms with van der Waals surface area (Å²) in [6, 6.07) is 6.60. The van der Waals surface area contributed by atoms with Crippen LogP contribution in [0.2, 0.25) is 0 Å². The fourth-order valence-electron chi connectivity index (χ4n) is 4.56. The van der Waals surface area contributed by atoms with Crippen LogP contribution in [0.3, 0.4) is 0 Å². The Morgan fingerprint density at radius 1 is 1.26 bits per heavy atom. The van der Waals surface area contributed by atoms with Crippen LogP contribution in [-0.4, -0.2) is 56.4 Å².